The Kier molecular flexibility index (Phi) is 4.48. The summed E-state index contributed by atoms with van der Waals surface area (Å²) < 4.78 is 0. The molecule has 0 saturated heterocycles. The summed E-state index contributed by atoms with van der Waals surface area (Å²) in [5.74, 6) is 5.63. The fourth-order valence-corrected chi connectivity index (χ4v) is 1.68. The van der Waals surface area contributed by atoms with Gasteiger partial charge in [-0.2, -0.15) is 0 Å². The molecule has 2 rings (SSSR count). The minimum atomic E-state index is -0.237. The number of aryl methyl sites for hydroxylation is 1. The number of rotatable bonds is 2. The molecule has 0 aliphatic carbocycles. The second kappa shape index (κ2) is 6.50. The van der Waals surface area contributed by atoms with Gasteiger partial charge in [0, 0.05) is 17.3 Å². The first-order valence-corrected chi connectivity index (χ1v) is 6.13. The van der Waals surface area contributed by atoms with E-state index < -0.39 is 0 Å². The molecule has 0 saturated carbocycles. The average Bonchev–Trinajstić information content (AvgIpc) is 2.48. The minimum absolute atomic E-state index is 0.205. The van der Waals surface area contributed by atoms with Crippen molar-refractivity contribution in [2.24, 2.45) is 0 Å². The van der Waals surface area contributed by atoms with Crippen LogP contribution in [0.1, 0.15) is 21.5 Å². The van der Waals surface area contributed by atoms with Crippen LogP contribution in [-0.4, -0.2) is 22.6 Å². The van der Waals surface area contributed by atoms with Gasteiger partial charge in [-0.3, -0.25) is 4.79 Å². The number of carbonyl (C=O) groups is 1. The number of aliphatic hydroxyl groups is 1. The van der Waals surface area contributed by atoms with Crippen LogP contribution in [0.3, 0.4) is 0 Å². The maximum Gasteiger partial charge on any atom is 0.256 e. The number of hydrogen-bond acceptors (Lipinski definition) is 3. The summed E-state index contributed by atoms with van der Waals surface area (Å²) in [7, 11) is 0. The van der Waals surface area contributed by atoms with Crippen LogP contribution in [0.4, 0.5) is 5.82 Å². The van der Waals surface area contributed by atoms with Gasteiger partial charge in [-0.25, -0.2) is 4.98 Å². The highest BCUT2D eigenvalue weighted by molar-refractivity contribution is 6.04. The molecule has 1 aromatic heterocycles. The monoisotopic (exact) mass is 266 g/mol. The van der Waals surface area contributed by atoms with Crippen LogP contribution in [0.25, 0.3) is 0 Å². The van der Waals surface area contributed by atoms with Gasteiger partial charge in [-0.15, -0.1) is 0 Å². The lowest BCUT2D eigenvalue weighted by Crippen LogP contribution is -2.13. The van der Waals surface area contributed by atoms with Crippen molar-refractivity contribution in [2.75, 3.05) is 11.9 Å². The molecule has 0 bridgehead atoms. The molecule has 1 aromatic carbocycles. The summed E-state index contributed by atoms with van der Waals surface area (Å²) in [6.45, 7) is 1.68. The number of hydrogen-bond donors (Lipinski definition) is 2. The average molecular weight is 266 g/mol. The molecule has 1 amide bonds. The molecule has 4 heteroatoms. The first kappa shape index (κ1) is 13.8. The number of anilines is 1. The highest BCUT2D eigenvalue weighted by Crippen LogP contribution is 2.12. The van der Waals surface area contributed by atoms with Crippen molar-refractivity contribution in [3.63, 3.8) is 0 Å². The number of pyridine rings is 1. The van der Waals surface area contributed by atoms with Crippen LogP contribution in [0.2, 0.25) is 0 Å². The number of aromatic nitrogens is 1. The third-order valence-corrected chi connectivity index (χ3v) is 2.68. The lowest BCUT2D eigenvalue weighted by molar-refractivity contribution is 0.102. The molecule has 4 nitrogen and oxygen atoms in total. The van der Waals surface area contributed by atoms with E-state index in [1.54, 1.807) is 30.5 Å². The second-order valence-electron chi connectivity index (χ2n) is 4.16. The van der Waals surface area contributed by atoms with Crippen molar-refractivity contribution < 1.29 is 9.90 Å². The first-order chi connectivity index (χ1) is 9.70. The highest BCUT2D eigenvalue weighted by atomic mass is 16.2. The molecule has 100 valence electrons. The maximum atomic E-state index is 12.1. The molecule has 0 fully saturated rings. The van der Waals surface area contributed by atoms with E-state index in [2.05, 4.69) is 22.1 Å². The van der Waals surface area contributed by atoms with Crippen molar-refractivity contribution in [2.45, 2.75) is 6.92 Å². The summed E-state index contributed by atoms with van der Waals surface area (Å²) in [6, 6.07) is 10.6. The zero-order valence-corrected chi connectivity index (χ0v) is 11.1. The van der Waals surface area contributed by atoms with Gasteiger partial charge in [0.15, 0.2) is 0 Å². The van der Waals surface area contributed by atoms with Crippen LogP contribution in [-0.2, 0) is 0 Å². The largest absolute Gasteiger partial charge is 0.384 e. The van der Waals surface area contributed by atoms with Crippen LogP contribution in [0.5, 0.6) is 0 Å². The molecular weight excluding hydrogens is 252 g/mol. The van der Waals surface area contributed by atoms with Crippen LogP contribution in [0, 0.1) is 18.8 Å². The maximum absolute atomic E-state index is 12.1. The van der Waals surface area contributed by atoms with Gasteiger partial charge < -0.3 is 10.4 Å². The van der Waals surface area contributed by atoms with E-state index in [1.165, 1.54) is 0 Å². The Morgan fingerprint density at radius 1 is 1.35 bits per heavy atom. The van der Waals surface area contributed by atoms with Crippen LogP contribution in [0.15, 0.2) is 42.6 Å². The summed E-state index contributed by atoms with van der Waals surface area (Å²) >= 11 is 0. The van der Waals surface area contributed by atoms with E-state index in [0.29, 0.717) is 16.9 Å². The zero-order valence-electron chi connectivity index (χ0n) is 11.1. The Labute approximate surface area is 117 Å². The SMILES string of the molecule is Cc1cccnc1NC(=O)c1cccc(C#CCO)c1. The summed E-state index contributed by atoms with van der Waals surface area (Å²) in [4.78, 5) is 16.3. The minimum Gasteiger partial charge on any atom is -0.384 e. The first-order valence-electron chi connectivity index (χ1n) is 6.13. The van der Waals surface area contributed by atoms with E-state index in [-0.39, 0.29) is 12.5 Å². The fourth-order valence-electron chi connectivity index (χ4n) is 1.68. The molecular formula is C16H14N2O2. The summed E-state index contributed by atoms with van der Waals surface area (Å²) in [6.07, 6.45) is 1.63. The molecule has 0 aliphatic heterocycles. The van der Waals surface area contributed by atoms with Crippen LogP contribution < -0.4 is 5.32 Å². The molecule has 0 aliphatic rings. The van der Waals surface area contributed by atoms with Gasteiger partial charge in [0.2, 0.25) is 0 Å². The smallest absolute Gasteiger partial charge is 0.256 e. The van der Waals surface area contributed by atoms with Crippen LogP contribution >= 0.6 is 0 Å². The van der Waals surface area contributed by atoms with Crippen molar-refractivity contribution >= 4 is 11.7 Å². The fraction of sp³-hybridized carbons (Fsp3) is 0.125. The summed E-state index contributed by atoms with van der Waals surface area (Å²) in [5.41, 5.74) is 2.08. The number of aliphatic hydroxyl groups excluding tert-OH is 1. The van der Waals surface area contributed by atoms with Crippen molar-refractivity contribution in [3.05, 3.63) is 59.3 Å². The standard InChI is InChI=1S/C16H14N2O2/c1-12-5-3-9-17-15(12)18-16(20)14-8-2-6-13(11-14)7-4-10-19/h2-3,5-6,8-9,11,19H,10H2,1H3,(H,17,18,20). The lowest BCUT2D eigenvalue weighted by Gasteiger charge is -2.07. The van der Waals surface area contributed by atoms with E-state index in [1.807, 2.05) is 19.1 Å². The topological polar surface area (TPSA) is 62.2 Å². The number of nitrogens with one attached hydrogen (secondary N) is 1. The predicted octanol–water partition coefficient (Wildman–Crippen LogP) is 1.99. The van der Waals surface area contributed by atoms with Gasteiger partial charge in [0.05, 0.1) is 0 Å². The number of carbonyl (C=O) groups excluding carboxylic acids is 1. The molecule has 20 heavy (non-hydrogen) atoms. The Hall–Kier alpha value is -2.64. The molecule has 1 heterocycles. The van der Waals surface area contributed by atoms with E-state index in [9.17, 15) is 4.79 Å². The number of nitrogens with zero attached hydrogens (tertiary/aromatic N) is 1. The number of benzene rings is 1. The summed E-state index contributed by atoms with van der Waals surface area (Å²) in [5, 5.41) is 11.4. The quantitative estimate of drug-likeness (QED) is 0.817. The van der Waals surface area contributed by atoms with Gasteiger partial charge >= 0.3 is 0 Å². The predicted molar refractivity (Wildman–Crippen MR) is 77.3 cm³/mol. The van der Waals surface area contributed by atoms with Gasteiger partial charge in [0.25, 0.3) is 5.91 Å². The Morgan fingerprint density at radius 3 is 2.95 bits per heavy atom. The lowest BCUT2D eigenvalue weighted by atomic mass is 10.1. The van der Waals surface area contributed by atoms with Crippen molar-refractivity contribution in [1.82, 2.24) is 4.98 Å². The van der Waals surface area contributed by atoms with Crippen molar-refractivity contribution in [3.8, 4) is 11.8 Å². The highest BCUT2D eigenvalue weighted by Gasteiger charge is 2.08. The van der Waals surface area contributed by atoms with E-state index in [4.69, 9.17) is 5.11 Å². The Bertz CT molecular complexity index is 684. The third-order valence-electron chi connectivity index (χ3n) is 2.68. The Morgan fingerprint density at radius 2 is 2.20 bits per heavy atom. The molecule has 0 atom stereocenters. The molecule has 2 aromatic rings. The van der Waals surface area contributed by atoms with Gasteiger partial charge in [0.1, 0.15) is 12.4 Å². The van der Waals surface area contributed by atoms with Crippen molar-refractivity contribution in [1.29, 1.82) is 0 Å². The third kappa shape index (κ3) is 3.44. The molecule has 2 N–H and O–H groups in total. The van der Waals surface area contributed by atoms with E-state index in [0.717, 1.165) is 5.56 Å². The van der Waals surface area contributed by atoms with Gasteiger partial charge in [-0.1, -0.05) is 24.0 Å². The normalized spacial score (nSPS) is 9.50. The zero-order chi connectivity index (χ0) is 14.4. The second-order valence-corrected chi connectivity index (χ2v) is 4.16. The van der Waals surface area contributed by atoms with Gasteiger partial charge in [-0.05, 0) is 36.8 Å². The van der Waals surface area contributed by atoms with E-state index >= 15 is 0 Å². The Balaban J connectivity index is 2.19. The molecule has 0 radical (unpaired) electrons. The molecule has 0 unspecified atom stereocenters. The molecule has 0 spiro atoms. The number of amides is 1.